The Kier molecular flexibility index (Phi) is 5.80. The predicted octanol–water partition coefficient (Wildman–Crippen LogP) is 5.14. The fourth-order valence-electron chi connectivity index (χ4n) is 5.26. The van der Waals surface area contributed by atoms with E-state index in [1.165, 1.54) is 0 Å². The molecule has 1 N–H and O–H groups in total. The third kappa shape index (κ3) is 4.18. The van der Waals surface area contributed by atoms with E-state index in [2.05, 4.69) is 20.9 Å². The number of nitriles is 1. The van der Waals surface area contributed by atoms with Gasteiger partial charge in [0, 0.05) is 36.7 Å². The molecule has 1 saturated heterocycles. The SMILES string of the molecule is N#CC1CCN(c2ccc(-c3cc(C(=O)O)nc4c3c([C@H]3C[C@H](F)C3)nn4-c3ccccc3)cn2)CC1. The van der Waals surface area contributed by atoms with Crippen LogP contribution >= 0.6 is 0 Å². The van der Waals surface area contributed by atoms with Crippen LogP contribution in [0.2, 0.25) is 0 Å². The Morgan fingerprint density at radius 2 is 1.86 bits per heavy atom. The Bertz CT molecular complexity index is 1500. The van der Waals surface area contributed by atoms with Crippen molar-refractivity contribution in [2.24, 2.45) is 5.92 Å². The van der Waals surface area contributed by atoms with Crippen molar-refractivity contribution < 1.29 is 14.3 Å². The summed E-state index contributed by atoms with van der Waals surface area (Å²) in [7, 11) is 0. The molecule has 0 radical (unpaired) electrons. The molecule has 9 heteroatoms. The molecule has 37 heavy (non-hydrogen) atoms. The molecule has 186 valence electrons. The number of piperidine rings is 1. The number of fused-ring (bicyclic) bond motifs is 1. The molecule has 0 atom stereocenters. The van der Waals surface area contributed by atoms with Crippen molar-refractivity contribution >= 4 is 22.8 Å². The van der Waals surface area contributed by atoms with E-state index in [-0.39, 0.29) is 17.5 Å². The number of anilines is 1. The third-order valence-corrected chi connectivity index (χ3v) is 7.41. The van der Waals surface area contributed by atoms with Crippen LogP contribution in [0, 0.1) is 17.2 Å². The van der Waals surface area contributed by atoms with Crippen LogP contribution < -0.4 is 4.90 Å². The van der Waals surface area contributed by atoms with E-state index in [0.29, 0.717) is 24.1 Å². The van der Waals surface area contributed by atoms with Crippen LogP contribution in [-0.2, 0) is 0 Å². The number of carbonyl (C=O) groups is 1. The smallest absolute Gasteiger partial charge is 0.354 e. The van der Waals surface area contributed by atoms with Gasteiger partial charge in [0.05, 0.1) is 22.8 Å². The molecule has 0 unspecified atom stereocenters. The van der Waals surface area contributed by atoms with Gasteiger partial charge in [0.2, 0.25) is 0 Å². The summed E-state index contributed by atoms with van der Waals surface area (Å²) in [5, 5.41) is 24.6. The number of aromatic carboxylic acids is 1. The summed E-state index contributed by atoms with van der Waals surface area (Å²) in [6.07, 6.45) is 3.28. The molecule has 1 aliphatic heterocycles. The zero-order valence-electron chi connectivity index (χ0n) is 20.1. The van der Waals surface area contributed by atoms with E-state index in [4.69, 9.17) is 5.10 Å². The molecule has 1 aromatic carbocycles. The fraction of sp³-hybridized carbons (Fsp3) is 0.321. The summed E-state index contributed by atoms with van der Waals surface area (Å²) < 4.78 is 15.5. The molecule has 8 nitrogen and oxygen atoms in total. The highest BCUT2D eigenvalue weighted by Gasteiger charge is 2.35. The molecule has 2 aliphatic rings. The van der Waals surface area contributed by atoms with E-state index < -0.39 is 12.1 Å². The van der Waals surface area contributed by atoms with Gasteiger partial charge < -0.3 is 10.0 Å². The molecular formula is C28H25FN6O2. The standard InChI is InChI=1S/C28H25FN6O2/c29-20-12-19(13-20)26-25-22(18-6-7-24(31-16-18)34-10-8-17(15-30)9-11-34)14-23(28(36)37)32-27(25)35(33-26)21-4-2-1-3-5-21/h1-7,14,16-17,19-20H,8-13H2,(H,36,37)/t19-,20-. The first-order valence-electron chi connectivity index (χ1n) is 12.5. The molecule has 0 bridgehead atoms. The van der Waals surface area contributed by atoms with Crippen LogP contribution in [0.4, 0.5) is 10.2 Å². The zero-order valence-corrected chi connectivity index (χ0v) is 20.1. The summed E-state index contributed by atoms with van der Waals surface area (Å²) in [6.45, 7) is 1.54. The lowest BCUT2D eigenvalue weighted by Crippen LogP contribution is -2.33. The third-order valence-electron chi connectivity index (χ3n) is 7.41. The van der Waals surface area contributed by atoms with E-state index in [0.717, 1.165) is 54.1 Å². The molecule has 1 aliphatic carbocycles. The Balaban J connectivity index is 1.48. The van der Waals surface area contributed by atoms with Crippen LogP contribution in [0.3, 0.4) is 0 Å². The quantitative estimate of drug-likeness (QED) is 0.408. The number of carboxylic acid groups (broad SMARTS) is 1. The van der Waals surface area contributed by atoms with E-state index in [9.17, 15) is 19.6 Å². The first-order valence-corrected chi connectivity index (χ1v) is 12.5. The predicted molar refractivity (Wildman–Crippen MR) is 136 cm³/mol. The second-order valence-corrected chi connectivity index (χ2v) is 9.75. The summed E-state index contributed by atoms with van der Waals surface area (Å²) >= 11 is 0. The fourth-order valence-corrected chi connectivity index (χ4v) is 5.26. The van der Waals surface area contributed by atoms with Crippen LogP contribution in [0.1, 0.15) is 47.8 Å². The highest BCUT2D eigenvalue weighted by atomic mass is 19.1. The second-order valence-electron chi connectivity index (χ2n) is 9.75. The van der Waals surface area contributed by atoms with Crippen molar-refractivity contribution in [1.82, 2.24) is 19.7 Å². The maximum Gasteiger partial charge on any atom is 0.354 e. The van der Waals surface area contributed by atoms with E-state index in [1.807, 2.05) is 42.5 Å². The normalized spacial score (nSPS) is 19.9. The van der Waals surface area contributed by atoms with Gasteiger partial charge in [-0.3, -0.25) is 0 Å². The Labute approximate surface area is 213 Å². The molecule has 0 amide bonds. The Hall–Kier alpha value is -4.32. The van der Waals surface area contributed by atoms with E-state index in [1.54, 1.807) is 16.9 Å². The van der Waals surface area contributed by atoms with Crippen LogP contribution in [-0.4, -0.2) is 50.1 Å². The monoisotopic (exact) mass is 496 g/mol. The van der Waals surface area contributed by atoms with Crippen LogP contribution in [0.15, 0.2) is 54.7 Å². The maximum absolute atomic E-state index is 13.9. The number of halogens is 1. The largest absolute Gasteiger partial charge is 0.477 e. The van der Waals surface area contributed by atoms with Crippen molar-refractivity contribution in [3.8, 4) is 22.9 Å². The van der Waals surface area contributed by atoms with Gasteiger partial charge in [-0.1, -0.05) is 18.2 Å². The maximum atomic E-state index is 13.9. The molecule has 2 fully saturated rings. The van der Waals surface area contributed by atoms with Crippen LogP contribution in [0.25, 0.3) is 27.8 Å². The van der Waals surface area contributed by atoms with Crippen molar-refractivity contribution in [2.45, 2.75) is 37.8 Å². The van der Waals surface area contributed by atoms with Crippen molar-refractivity contribution in [3.63, 3.8) is 0 Å². The lowest BCUT2D eigenvalue weighted by atomic mass is 9.79. The minimum absolute atomic E-state index is 0.0626. The zero-order chi connectivity index (χ0) is 25.5. The Morgan fingerprint density at radius 3 is 2.49 bits per heavy atom. The summed E-state index contributed by atoms with van der Waals surface area (Å²) in [5.74, 6) is -0.288. The van der Waals surface area contributed by atoms with Crippen molar-refractivity contribution in [3.05, 3.63) is 66.1 Å². The average Bonchev–Trinajstić information content (AvgIpc) is 3.30. The second kappa shape index (κ2) is 9.28. The number of para-hydroxylation sites is 1. The number of aromatic nitrogens is 4. The minimum Gasteiger partial charge on any atom is -0.477 e. The lowest BCUT2D eigenvalue weighted by molar-refractivity contribution is 0.0691. The number of nitrogens with zero attached hydrogens (tertiary/aromatic N) is 6. The first kappa shape index (κ1) is 23.1. The molecular weight excluding hydrogens is 471 g/mol. The van der Waals surface area contributed by atoms with Gasteiger partial charge in [0.15, 0.2) is 11.3 Å². The number of rotatable bonds is 5. The highest BCUT2D eigenvalue weighted by Crippen LogP contribution is 2.44. The molecule has 4 aromatic rings. The number of benzene rings is 1. The summed E-state index contributed by atoms with van der Waals surface area (Å²) in [5.41, 5.74) is 3.24. The highest BCUT2D eigenvalue weighted by molar-refractivity contribution is 6.00. The molecule has 6 rings (SSSR count). The molecule has 0 spiro atoms. The topological polar surface area (TPSA) is 108 Å². The van der Waals surface area contributed by atoms with Gasteiger partial charge >= 0.3 is 5.97 Å². The summed E-state index contributed by atoms with van der Waals surface area (Å²) in [6, 6.07) is 17.2. The van der Waals surface area contributed by atoms with Gasteiger partial charge in [0.1, 0.15) is 12.0 Å². The lowest BCUT2D eigenvalue weighted by Gasteiger charge is -2.30. The average molecular weight is 497 g/mol. The molecule has 4 heterocycles. The number of alkyl halides is 1. The Morgan fingerprint density at radius 1 is 1.11 bits per heavy atom. The van der Waals surface area contributed by atoms with Gasteiger partial charge in [-0.2, -0.15) is 10.4 Å². The van der Waals surface area contributed by atoms with Gasteiger partial charge in [-0.25, -0.2) is 23.8 Å². The summed E-state index contributed by atoms with van der Waals surface area (Å²) in [4.78, 5) is 23.4. The van der Waals surface area contributed by atoms with Crippen LogP contribution in [0.5, 0.6) is 0 Å². The molecule has 1 saturated carbocycles. The first-order chi connectivity index (χ1) is 18.0. The van der Waals surface area contributed by atoms with Crippen molar-refractivity contribution in [2.75, 3.05) is 18.0 Å². The molecule has 3 aromatic heterocycles. The number of hydrogen-bond acceptors (Lipinski definition) is 6. The van der Waals surface area contributed by atoms with E-state index >= 15 is 0 Å². The number of carboxylic acids is 1. The van der Waals surface area contributed by atoms with Gasteiger partial charge in [0.25, 0.3) is 0 Å². The van der Waals surface area contributed by atoms with Crippen molar-refractivity contribution in [1.29, 1.82) is 5.26 Å². The van der Waals surface area contributed by atoms with Gasteiger partial charge in [-0.05, 0) is 61.6 Å². The van der Waals surface area contributed by atoms with Gasteiger partial charge in [-0.15, -0.1) is 0 Å². The number of pyridine rings is 2. The minimum atomic E-state index is -1.14. The number of hydrogen-bond donors (Lipinski definition) is 1.